The summed E-state index contributed by atoms with van der Waals surface area (Å²) in [4.78, 5) is 36.6. The molecule has 3 rings (SSSR count). The van der Waals surface area contributed by atoms with Crippen LogP contribution in [0.5, 0.6) is 0 Å². The monoisotopic (exact) mass is 306 g/mol. The van der Waals surface area contributed by atoms with Crippen LogP contribution < -0.4 is 5.32 Å². The van der Waals surface area contributed by atoms with Gasteiger partial charge in [-0.1, -0.05) is 36.0 Å². The third kappa shape index (κ3) is 2.61. The van der Waals surface area contributed by atoms with Crippen molar-refractivity contribution >= 4 is 28.9 Å². The molecule has 0 aromatic heterocycles. The number of carboxylic acid groups (broad SMARTS) is 1. The quantitative estimate of drug-likeness (QED) is 0.846. The number of nitrogens with zero attached hydrogens (tertiary/aromatic N) is 1. The molecule has 21 heavy (non-hydrogen) atoms. The number of carboxylic acids is 1. The highest BCUT2D eigenvalue weighted by Crippen LogP contribution is 2.25. The molecular weight excluding hydrogens is 292 g/mol. The molecule has 2 aliphatic rings. The average Bonchev–Trinajstić information content (AvgIpc) is 2.91. The van der Waals surface area contributed by atoms with Crippen LogP contribution in [0.25, 0.3) is 0 Å². The van der Waals surface area contributed by atoms with Crippen LogP contribution in [-0.2, 0) is 22.6 Å². The van der Waals surface area contributed by atoms with Crippen molar-refractivity contribution in [3.8, 4) is 0 Å². The zero-order valence-electron chi connectivity index (χ0n) is 11.1. The van der Waals surface area contributed by atoms with Crippen molar-refractivity contribution < 1.29 is 19.5 Å². The summed E-state index contributed by atoms with van der Waals surface area (Å²) in [6.07, 6.45) is 0.297. The second-order valence-electron chi connectivity index (χ2n) is 5.09. The zero-order chi connectivity index (χ0) is 15.0. The van der Waals surface area contributed by atoms with Gasteiger partial charge in [-0.3, -0.25) is 9.59 Å². The number of carbonyl (C=O) groups excluding carboxylic acids is 2. The van der Waals surface area contributed by atoms with Gasteiger partial charge in [-0.15, -0.1) is 0 Å². The van der Waals surface area contributed by atoms with Crippen molar-refractivity contribution in [1.29, 1.82) is 0 Å². The number of nitrogens with one attached hydrogen (secondary N) is 1. The van der Waals surface area contributed by atoms with Gasteiger partial charge in [0.15, 0.2) is 0 Å². The molecule has 7 heteroatoms. The summed E-state index contributed by atoms with van der Waals surface area (Å²) in [6.45, 7) is 0.267. The molecular formula is C14H14N2O4S. The number of amides is 2. The van der Waals surface area contributed by atoms with Crippen LogP contribution in [0.2, 0.25) is 0 Å². The molecule has 1 saturated heterocycles. The maximum Gasteiger partial charge on any atom is 0.326 e. The summed E-state index contributed by atoms with van der Waals surface area (Å²) >= 11 is 1.05. The Bertz CT molecular complexity index is 619. The molecule has 2 N–H and O–H groups in total. The van der Waals surface area contributed by atoms with Crippen molar-refractivity contribution in [3.63, 3.8) is 0 Å². The second kappa shape index (κ2) is 5.40. The van der Waals surface area contributed by atoms with Gasteiger partial charge in [0.05, 0.1) is 0 Å². The van der Waals surface area contributed by atoms with E-state index in [9.17, 15) is 19.5 Å². The maximum atomic E-state index is 12.5. The van der Waals surface area contributed by atoms with Crippen LogP contribution in [0.15, 0.2) is 24.3 Å². The smallest absolute Gasteiger partial charge is 0.326 e. The van der Waals surface area contributed by atoms with E-state index in [1.165, 1.54) is 4.90 Å². The molecule has 1 aromatic rings. The molecule has 2 heterocycles. The van der Waals surface area contributed by atoms with Crippen molar-refractivity contribution in [2.45, 2.75) is 25.0 Å². The molecule has 0 spiro atoms. The molecule has 0 aliphatic carbocycles. The van der Waals surface area contributed by atoms with Crippen molar-refractivity contribution in [2.24, 2.45) is 0 Å². The van der Waals surface area contributed by atoms with Crippen LogP contribution in [0, 0.1) is 0 Å². The van der Waals surface area contributed by atoms with Crippen molar-refractivity contribution in [3.05, 3.63) is 35.4 Å². The van der Waals surface area contributed by atoms with Gasteiger partial charge in [0.2, 0.25) is 5.91 Å². The number of carbonyl (C=O) groups is 3. The summed E-state index contributed by atoms with van der Waals surface area (Å²) in [5, 5.41) is 11.7. The second-order valence-corrected chi connectivity index (χ2v) is 6.08. The number of fused-ring (bicyclic) bond motifs is 1. The van der Waals surface area contributed by atoms with E-state index in [0.717, 1.165) is 22.9 Å². The molecule has 1 fully saturated rings. The van der Waals surface area contributed by atoms with Crippen LogP contribution in [-0.4, -0.2) is 45.0 Å². The minimum absolute atomic E-state index is 0.238. The fraction of sp³-hybridized carbons (Fsp3) is 0.357. The number of benzene rings is 1. The third-order valence-electron chi connectivity index (χ3n) is 3.79. The number of hydrogen-bond acceptors (Lipinski definition) is 4. The number of thioether (sulfide) groups is 1. The predicted octanol–water partition coefficient (Wildman–Crippen LogP) is 0.849. The van der Waals surface area contributed by atoms with Crippen LogP contribution in [0.4, 0.5) is 4.79 Å². The third-order valence-corrected chi connectivity index (χ3v) is 4.67. The van der Waals surface area contributed by atoms with Crippen LogP contribution in [0.1, 0.15) is 11.1 Å². The van der Waals surface area contributed by atoms with Gasteiger partial charge in [-0.2, -0.15) is 0 Å². The topological polar surface area (TPSA) is 86.7 Å². The Morgan fingerprint density at radius 3 is 2.62 bits per heavy atom. The first-order valence-electron chi connectivity index (χ1n) is 6.59. The number of aliphatic carboxylic acids is 1. The van der Waals surface area contributed by atoms with E-state index >= 15 is 0 Å². The molecule has 0 radical (unpaired) electrons. The van der Waals surface area contributed by atoms with Gasteiger partial charge >= 0.3 is 5.97 Å². The minimum Gasteiger partial charge on any atom is -0.480 e. The molecule has 0 saturated carbocycles. The Morgan fingerprint density at radius 1 is 1.29 bits per heavy atom. The molecule has 2 aliphatic heterocycles. The highest BCUT2D eigenvalue weighted by Gasteiger charge is 2.39. The number of rotatable bonds is 2. The summed E-state index contributed by atoms with van der Waals surface area (Å²) < 4.78 is 0. The van der Waals surface area contributed by atoms with E-state index in [1.807, 2.05) is 24.3 Å². The summed E-state index contributed by atoms with van der Waals surface area (Å²) in [6, 6.07) is 6.01. The van der Waals surface area contributed by atoms with Crippen LogP contribution >= 0.6 is 11.8 Å². The molecule has 0 bridgehead atoms. The lowest BCUT2D eigenvalue weighted by atomic mass is 9.93. The molecule has 2 atom stereocenters. The van der Waals surface area contributed by atoms with Crippen molar-refractivity contribution in [1.82, 2.24) is 10.2 Å². The Labute approximate surface area is 125 Å². The summed E-state index contributed by atoms with van der Waals surface area (Å²) in [5.41, 5.74) is 1.92. The summed E-state index contributed by atoms with van der Waals surface area (Å²) in [5.74, 6) is -0.993. The first-order valence-corrected chi connectivity index (χ1v) is 7.58. The van der Waals surface area contributed by atoms with E-state index in [4.69, 9.17) is 0 Å². The van der Waals surface area contributed by atoms with Gasteiger partial charge in [0.25, 0.3) is 5.24 Å². The lowest BCUT2D eigenvalue weighted by Crippen LogP contribution is -2.54. The first-order chi connectivity index (χ1) is 10.1. The van der Waals surface area contributed by atoms with E-state index < -0.39 is 18.1 Å². The van der Waals surface area contributed by atoms with E-state index in [-0.39, 0.29) is 17.7 Å². The Balaban J connectivity index is 1.87. The van der Waals surface area contributed by atoms with Gasteiger partial charge < -0.3 is 15.3 Å². The zero-order valence-corrected chi connectivity index (χ0v) is 11.9. The molecule has 2 amide bonds. The number of hydrogen-bond donors (Lipinski definition) is 2. The lowest BCUT2D eigenvalue weighted by Gasteiger charge is -2.35. The fourth-order valence-electron chi connectivity index (χ4n) is 2.69. The van der Waals surface area contributed by atoms with Crippen molar-refractivity contribution in [2.75, 3.05) is 5.75 Å². The molecule has 1 aromatic carbocycles. The summed E-state index contributed by atoms with van der Waals surface area (Å²) in [7, 11) is 0. The van der Waals surface area contributed by atoms with Gasteiger partial charge in [0, 0.05) is 18.7 Å². The largest absolute Gasteiger partial charge is 0.480 e. The molecule has 6 nitrogen and oxygen atoms in total. The highest BCUT2D eigenvalue weighted by atomic mass is 32.2. The minimum atomic E-state index is -1.02. The maximum absolute atomic E-state index is 12.5. The fourth-order valence-corrected chi connectivity index (χ4v) is 3.46. The average molecular weight is 306 g/mol. The van der Waals surface area contributed by atoms with Gasteiger partial charge in [-0.25, -0.2) is 4.79 Å². The molecule has 1 unspecified atom stereocenters. The van der Waals surface area contributed by atoms with E-state index in [0.29, 0.717) is 12.2 Å². The van der Waals surface area contributed by atoms with Crippen LogP contribution in [0.3, 0.4) is 0 Å². The van der Waals surface area contributed by atoms with E-state index in [1.54, 1.807) is 0 Å². The Kier molecular flexibility index (Phi) is 3.59. The normalized spacial score (nSPS) is 24.4. The highest BCUT2D eigenvalue weighted by molar-refractivity contribution is 8.14. The standard InChI is InChI=1S/C14H14N2O4S/c17-12(10-7-21-14(20)15-10)16-6-9-4-2-1-3-8(9)5-11(16)13(18)19/h1-4,10-11H,5-7H2,(H,15,20)(H,18,19)/t10?,11-/m0/s1. The Morgan fingerprint density at radius 2 is 2.00 bits per heavy atom. The lowest BCUT2D eigenvalue weighted by molar-refractivity contribution is -0.151. The SMILES string of the molecule is O=C1NC(C(=O)N2Cc3ccccc3C[C@H]2C(=O)O)CS1. The Hall–Kier alpha value is -2.02. The van der Waals surface area contributed by atoms with Gasteiger partial charge in [-0.05, 0) is 11.1 Å². The van der Waals surface area contributed by atoms with E-state index in [2.05, 4.69) is 5.32 Å². The molecule has 110 valence electrons. The first kappa shape index (κ1) is 13.9. The van der Waals surface area contributed by atoms with Gasteiger partial charge in [0.1, 0.15) is 12.1 Å². The predicted molar refractivity (Wildman–Crippen MR) is 76.9 cm³/mol.